The number of piperidine rings is 1. The van der Waals surface area contributed by atoms with Crippen molar-refractivity contribution >= 4 is 30.9 Å². The van der Waals surface area contributed by atoms with Crippen LogP contribution in [0.3, 0.4) is 0 Å². The van der Waals surface area contributed by atoms with Gasteiger partial charge in [-0.1, -0.05) is 24.3 Å². The molecule has 2 heterocycles. The molecular weight excluding hydrogens is 422 g/mol. The highest BCUT2D eigenvalue weighted by Gasteiger charge is 2.32. The first-order valence-electron chi connectivity index (χ1n) is 9.71. The Kier molecular flexibility index (Phi) is 5.63. The lowest BCUT2D eigenvalue weighted by Gasteiger charge is -2.31. The maximum atomic E-state index is 13.3. The monoisotopic (exact) mass is 445 g/mol. The Labute approximate surface area is 176 Å². The van der Waals surface area contributed by atoms with Crippen LogP contribution < -0.4 is 4.72 Å². The molecule has 3 aromatic rings. The molecule has 1 N–H and O–H groups in total. The van der Waals surface area contributed by atoms with Gasteiger partial charge in [-0.15, -0.1) is 0 Å². The second kappa shape index (κ2) is 8.07. The van der Waals surface area contributed by atoms with Crippen molar-refractivity contribution in [2.45, 2.75) is 35.6 Å². The molecule has 0 unspecified atom stereocenters. The molecule has 1 fully saturated rings. The Morgan fingerprint density at radius 2 is 1.63 bits per heavy atom. The van der Waals surface area contributed by atoms with Crippen LogP contribution in [0.25, 0.3) is 10.9 Å². The molecule has 1 saturated heterocycles. The molecule has 1 aromatic heterocycles. The maximum absolute atomic E-state index is 13.3. The minimum atomic E-state index is -3.71. The van der Waals surface area contributed by atoms with Gasteiger partial charge in [0.2, 0.25) is 20.0 Å². The molecule has 30 heavy (non-hydrogen) atoms. The Morgan fingerprint density at radius 1 is 0.933 bits per heavy atom. The van der Waals surface area contributed by atoms with Crippen LogP contribution in [0, 0.1) is 6.92 Å². The number of hydrogen-bond acceptors (Lipinski definition) is 5. The van der Waals surface area contributed by atoms with Gasteiger partial charge in [0.1, 0.15) is 0 Å². The summed E-state index contributed by atoms with van der Waals surface area (Å²) in [6, 6.07) is 14.8. The maximum Gasteiger partial charge on any atom is 0.243 e. The van der Waals surface area contributed by atoms with E-state index in [-0.39, 0.29) is 28.9 Å². The summed E-state index contributed by atoms with van der Waals surface area (Å²) in [5.41, 5.74) is 1.59. The number of benzene rings is 2. The van der Waals surface area contributed by atoms with E-state index in [1.165, 1.54) is 4.31 Å². The van der Waals surface area contributed by atoms with Crippen LogP contribution in [-0.4, -0.2) is 45.3 Å². The van der Waals surface area contributed by atoms with Gasteiger partial charge in [0.15, 0.2) is 0 Å². The molecule has 158 valence electrons. The van der Waals surface area contributed by atoms with E-state index < -0.39 is 20.0 Å². The van der Waals surface area contributed by atoms with Crippen molar-refractivity contribution in [3.63, 3.8) is 0 Å². The number of fused-ring (bicyclic) bond motifs is 1. The molecule has 1 aliphatic rings. The highest BCUT2D eigenvalue weighted by molar-refractivity contribution is 7.89. The quantitative estimate of drug-likeness (QED) is 0.651. The lowest BCUT2D eigenvalue weighted by Crippen LogP contribution is -2.46. The van der Waals surface area contributed by atoms with Crippen LogP contribution in [0.5, 0.6) is 0 Å². The number of hydrogen-bond donors (Lipinski definition) is 1. The molecule has 0 spiro atoms. The molecule has 0 aliphatic carbocycles. The molecule has 0 radical (unpaired) electrons. The molecule has 9 heteroatoms. The minimum absolute atomic E-state index is 0.207. The lowest BCUT2D eigenvalue weighted by atomic mass is 10.1. The van der Waals surface area contributed by atoms with Crippen molar-refractivity contribution in [1.29, 1.82) is 0 Å². The lowest BCUT2D eigenvalue weighted by molar-refractivity contribution is 0.308. The van der Waals surface area contributed by atoms with Gasteiger partial charge in [-0.05, 0) is 55.7 Å². The summed E-state index contributed by atoms with van der Waals surface area (Å²) >= 11 is 0. The van der Waals surface area contributed by atoms with Crippen molar-refractivity contribution in [2.24, 2.45) is 0 Å². The number of nitrogens with one attached hydrogen (secondary N) is 1. The van der Waals surface area contributed by atoms with Crippen molar-refractivity contribution in [3.8, 4) is 0 Å². The zero-order valence-corrected chi connectivity index (χ0v) is 18.2. The first kappa shape index (κ1) is 20.9. The summed E-state index contributed by atoms with van der Waals surface area (Å²) in [5.74, 6) is 0. The van der Waals surface area contributed by atoms with E-state index in [2.05, 4.69) is 9.71 Å². The van der Waals surface area contributed by atoms with Crippen LogP contribution in [-0.2, 0) is 20.0 Å². The average Bonchev–Trinajstić information content (AvgIpc) is 2.75. The smallest absolute Gasteiger partial charge is 0.243 e. The SMILES string of the molecule is Cc1ccc(S(=O)(=O)N2CCC(NS(=O)(=O)c3ccccc3)CC2)c2cccnc12. The Bertz CT molecular complexity index is 1270. The van der Waals surface area contributed by atoms with E-state index in [0.717, 1.165) is 5.56 Å². The van der Waals surface area contributed by atoms with E-state index in [1.807, 2.05) is 6.92 Å². The topological polar surface area (TPSA) is 96.4 Å². The van der Waals surface area contributed by atoms with Crippen LogP contribution in [0.15, 0.2) is 70.6 Å². The first-order valence-corrected chi connectivity index (χ1v) is 12.6. The number of pyridine rings is 1. The van der Waals surface area contributed by atoms with Crippen LogP contribution in [0.2, 0.25) is 0 Å². The molecule has 0 saturated carbocycles. The summed E-state index contributed by atoms with van der Waals surface area (Å²) in [6.45, 7) is 2.40. The van der Waals surface area contributed by atoms with Crippen LogP contribution in [0.4, 0.5) is 0 Å². The fourth-order valence-electron chi connectivity index (χ4n) is 3.75. The van der Waals surface area contributed by atoms with E-state index in [9.17, 15) is 16.8 Å². The van der Waals surface area contributed by atoms with Gasteiger partial charge in [-0.2, -0.15) is 4.31 Å². The summed E-state index contributed by atoms with van der Waals surface area (Å²) in [4.78, 5) is 4.76. The van der Waals surface area contributed by atoms with Gasteiger partial charge in [0, 0.05) is 30.7 Å². The zero-order chi connectivity index (χ0) is 21.4. The average molecular weight is 446 g/mol. The number of nitrogens with zero attached hydrogens (tertiary/aromatic N) is 2. The van der Waals surface area contributed by atoms with Crippen LogP contribution in [0.1, 0.15) is 18.4 Å². The number of aryl methyl sites for hydroxylation is 1. The van der Waals surface area contributed by atoms with E-state index in [4.69, 9.17) is 0 Å². The summed E-state index contributed by atoms with van der Waals surface area (Å²) < 4.78 is 55.8. The van der Waals surface area contributed by atoms with Gasteiger partial charge >= 0.3 is 0 Å². The highest BCUT2D eigenvalue weighted by Crippen LogP contribution is 2.28. The number of sulfonamides is 2. The fraction of sp³-hybridized carbons (Fsp3) is 0.286. The molecule has 0 amide bonds. The van der Waals surface area contributed by atoms with Crippen LogP contribution >= 0.6 is 0 Å². The predicted molar refractivity (Wildman–Crippen MR) is 115 cm³/mol. The van der Waals surface area contributed by atoms with E-state index >= 15 is 0 Å². The van der Waals surface area contributed by atoms with Gasteiger partial charge in [-0.3, -0.25) is 4.98 Å². The molecule has 4 rings (SSSR count). The Hall–Kier alpha value is -2.33. The third kappa shape index (κ3) is 3.98. The standard InChI is InChI=1S/C21H23N3O4S2/c1-16-9-10-20(19-8-5-13-22-21(16)19)30(27,28)24-14-11-17(12-15-24)23-29(25,26)18-6-3-2-4-7-18/h2-10,13,17,23H,11-12,14-15H2,1H3. The fourth-order valence-corrected chi connectivity index (χ4v) is 6.73. The summed E-state index contributed by atoms with van der Waals surface area (Å²) in [7, 11) is -7.33. The van der Waals surface area contributed by atoms with Crippen molar-refractivity contribution < 1.29 is 16.8 Å². The van der Waals surface area contributed by atoms with Gasteiger partial charge in [-0.25, -0.2) is 21.6 Å². The van der Waals surface area contributed by atoms with Gasteiger partial charge in [0.25, 0.3) is 0 Å². The highest BCUT2D eigenvalue weighted by atomic mass is 32.2. The number of rotatable bonds is 5. The van der Waals surface area contributed by atoms with E-state index in [1.54, 1.807) is 60.8 Å². The normalized spacial score (nSPS) is 16.7. The van der Waals surface area contributed by atoms with Crippen molar-refractivity contribution in [1.82, 2.24) is 14.0 Å². The van der Waals surface area contributed by atoms with Crippen molar-refractivity contribution in [2.75, 3.05) is 13.1 Å². The molecule has 1 aliphatic heterocycles. The second-order valence-electron chi connectivity index (χ2n) is 7.39. The third-order valence-corrected chi connectivity index (χ3v) is 8.87. The van der Waals surface area contributed by atoms with Gasteiger partial charge in [0.05, 0.1) is 15.3 Å². The largest absolute Gasteiger partial charge is 0.256 e. The first-order chi connectivity index (χ1) is 14.3. The second-order valence-corrected chi connectivity index (χ2v) is 11.0. The minimum Gasteiger partial charge on any atom is -0.256 e. The summed E-state index contributed by atoms with van der Waals surface area (Å²) in [6.07, 6.45) is 2.47. The molecule has 0 atom stereocenters. The Balaban J connectivity index is 1.51. The third-order valence-electron chi connectivity index (χ3n) is 5.38. The zero-order valence-electron chi connectivity index (χ0n) is 16.5. The van der Waals surface area contributed by atoms with Crippen molar-refractivity contribution in [3.05, 3.63) is 66.4 Å². The predicted octanol–water partition coefficient (Wildman–Crippen LogP) is 2.67. The summed E-state index contributed by atoms with van der Waals surface area (Å²) in [5, 5.41) is 0.601. The van der Waals surface area contributed by atoms with Gasteiger partial charge < -0.3 is 0 Å². The van der Waals surface area contributed by atoms with E-state index in [0.29, 0.717) is 23.7 Å². The molecule has 0 bridgehead atoms. The molecular formula is C21H23N3O4S2. The Morgan fingerprint density at radius 3 is 2.33 bits per heavy atom. The molecule has 2 aromatic carbocycles. The molecule has 7 nitrogen and oxygen atoms in total. The number of aromatic nitrogens is 1.